The lowest BCUT2D eigenvalue weighted by molar-refractivity contribution is 0.0687. The first-order chi connectivity index (χ1) is 16.1. The van der Waals surface area contributed by atoms with Crippen molar-refractivity contribution in [1.82, 2.24) is 19.9 Å². The molecule has 1 N–H and O–H groups in total. The maximum atomic E-state index is 12.2. The van der Waals surface area contributed by atoms with Gasteiger partial charge in [-0.3, -0.25) is 0 Å². The van der Waals surface area contributed by atoms with Gasteiger partial charge >= 0.3 is 6.09 Å². The minimum atomic E-state index is -3.39. The van der Waals surface area contributed by atoms with E-state index in [9.17, 15) is 13.2 Å². The minimum absolute atomic E-state index is 0.0197. The number of rotatable bonds is 5. The zero-order valence-corrected chi connectivity index (χ0v) is 20.6. The predicted molar refractivity (Wildman–Crippen MR) is 126 cm³/mol. The molecule has 1 amide bonds. The second kappa shape index (κ2) is 9.61. The SMILES string of the molecule is Cc1nc(S(C)(=O)=O)ccc1Nc1ncnc2c1OCCN2C1CCN(C(=O)OC(C)C)CC1. The molecule has 0 aliphatic carbocycles. The molecule has 2 aromatic heterocycles. The third-order valence-electron chi connectivity index (χ3n) is 5.83. The van der Waals surface area contributed by atoms with Gasteiger partial charge in [0.05, 0.1) is 24.0 Å². The Bertz CT molecular complexity index is 1160. The molecule has 1 saturated heterocycles. The molecule has 34 heavy (non-hydrogen) atoms. The Morgan fingerprint density at radius 3 is 2.59 bits per heavy atom. The number of hydrogen-bond donors (Lipinski definition) is 1. The lowest BCUT2D eigenvalue weighted by Crippen LogP contribution is -2.49. The quantitative estimate of drug-likeness (QED) is 0.668. The highest BCUT2D eigenvalue weighted by atomic mass is 32.2. The molecule has 0 spiro atoms. The highest BCUT2D eigenvalue weighted by Crippen LogP contribution is 2.39. The number of pyridine rings is 1. The van der Waals surface area contributed by atoms with Crippen molar-refractivity contribution in [1.29, 1.82) is 0 Å². The van der Waals surface area contributed by atoms with Gasteiger partial charge in [-0.15, -0.1) is 0 Å². The summed E-state index contributed by atoms with van der Waals surface area (Å²) in [7, 11) is -3.39. The minimum Gasteiger partial charge on any atom is -0.485 e. The largest absolute Gasteiger partial charge is 0.485 e. The molecule has 4 rings (SSSR count). The number of ether oxygens (including phenoxy) is 2. The fourth-order valence-corrected chi connectivity index (χ4v) is 4.76. The zero-order valence-electron chi connectivity index (χ0n) is 19.8. The van der Waals surface area contributed by atoms with E-state index < -0.39 is 9.84 Å². The number of sulfone groups is 1. The van der Waals surface area contributed by atoms with Gasteiger partial charge in [-0.2, -0.15) is 0 Å². The number of anilines is 3. The number of aromatic nitrogens is 3. The Morgan fingerprint density at radius 1 is 1.21 bits per heavy atom. The summed E-state index contributed by atoms with van der Waals surface area (Å²) in [5.41, 5.74) is 1.16. The first-order valence-electron chi connectivity index (χ1n) is 11.3. The molecule has 2 aromatic rings. The molecule has 0 bridgehead atoms. The van der Waals surface area contributed by atoms with Crippen LogP contribution in [0.4, 0.5) is 22.1 Å². The number of carbonyl (C=O) groups is 1. The number of fused-ring (bicyclic) bond motifs is 1. The van der Waals surface area contributed by atoms with E-state index in [4.69, 9.17) is 9.47 Å². The van der Waals surface area contributed by atoms with Crippen molar-refractivity contribution in [3.05, 3.63) is 24.2 Å². The Balaban J connectivity index is 1.50. The molecule has 0 aromatic carbocycles. The summed E-state index contributed by atoms with van der Waals surface area (Å²) in [5.74, 6) is 1.73. The summed E-state index contributed by atoms with van der Waals surface area (Å²) >= 11 is 0. The van der Waals surface area contributed by atoms with Crippen LogP contribution >= 0.6 is 0 Å². The summed E-state index contributed by atoms with van der Waals surface area (Å²) in [4.78, 5) is 29.2. The third kappa shape index (κ3) is 5.16. The Morgan fingerprint density at radius 2 is 1.94 bits per heavy atom. The van der Waals surface area contributed by atoms with E-state index in [1.807, 2.05) is 13.8 Å². The van der Waals surface area contributed by atoms with E-state index in [1.165, 1.54) is 12.4 Å². The van der Waals surface area contributed by atoms with Gasteiger partial charge in [-0.25, -0.2) is 28.2 Å². The lowest BCUT2D eigenvalue weighted by Gasteiger charge is -2.41. The molecule has 11 nitrogen and oxygen atoms in total. The van der Waals surface area contributed by atoms with Gasteiger partial charge in [-0.05, 0) is 45.7 Å². The van der Waals surface area contributed by atoms with Crippen molar-refractivity contribution in [2.45, 2.75) is 50.8 Å². The van der Waals surface area contributed by atoms with Crippen molar-refractivity contribution in [2.24, 2.45) is 0 Å². The van der Waals surface area contributed by atoms with Crippen molar-refractivity contribution < 1.29 is 22.7 Å². The monoisotopic (exact) mass is 490 g/mol. The van der Waals surface area contributed by atoms with Crippen LogP contribution in [0.3, 0.4) is 0 Å². The normalized spacial score (nSPS) is 16.7. The number of amides is 1. The number of carbonyl (C=O) groups excluding carboxylic acids is 1. The van der Waals surface area contributed by atoms with Gasteiger partial charge in [0.25, 0.3) is 0 Å². The van der Waals surface area contributed by atoms with Gasteiger partial charge < -0.3 is 24.6 Å². The summed E-state index contributed by atoms with van der Waals surface area (Å²) < 4.78 is 34.8. The molecule has 2 aliphatic rings. The lowest BCUT2D eigenvalue weighted by atomic mass is 10.0. The van der Waals surface area contributed by atoms with Crippen LogP contribution in [0.2, 0.25) is 0 Å². The standard InChI is InChI=1S/C22H30N6O5S/c1-14(2)33-22(29)27-9-7-16(8-10-27)28-11-12-32-19-20(23-13-24-21(19)28)26-17-5-6-18(25-15(17)3)34(4,30)31/h5-6,13-14,16H,7-12H2,1-4H3,(H,23,24,26). The van der Waals surface area contributed by atoms with Crippen LogP contribution in [0.25, 0.3) is 0 Å². The predicted octanol–water partition coefficient (Wildman–Crippen LogP) is 2.54. The molecule has 0 unspecified atom stereocenters. The second-order valence-electron chi connectivity index (χ2n) is 8.75. The van der Waals surface area contributed by atoms with Crippen molar-refractivity contribution in [3.8, 4) is 5.75 Å². The zero-order chi connectivity index (χ0) is 24.5. The van der Waals surface area contributed by atoms with Crippen LogP contribution in [0.15, 0.2) is 23.5 Å². The van der Waals surface area contributed by atoms with E-state index in [2.05, 4.69) is 25.2 Å². The molecule has 4 heterocycles. The van der Waals surface area contributed by atoms with E-state index in [0.29, 0.717) is 55.0 Å². The van der Waals surface area contributed by atoms with Crippen LogP contribution in [0, 0.1) is 6.92 Å². The number of hydrogen-bond acceptors (Lipinski definition) is 10. The average Bonchev–Trinajstić information content (AvgIpc) is 2.79. The van der Waals surface area contributed by atoms with Crippen molar-refractivity contribution in [3.63, 3.8) is 0 Å². The molecule has 0 radical (unpaired) electrons. The number of likely N-dealkylation sites (tertiary alicyclic amines) is 1. The Kier molecular flexibility index (Phi) is 6.78. The van der Waals surface area contributed by atoms with Crippen LogP contribution in [-0.4, -0.2) is 79.0 Å². The van der Waals surface area contributed by atoms with Gasteiger partial charge in [0.15, 0.2) is 26.5 Å². The summed E-state index contributed by atoms with van der Waals surface area (Å²) in [5, 5.41) is 3.23. The Labute approximate surface area is 199 Å². The highest BCUT2D eigenvalue weighted by Gasteiger charge is 2.33. The van der Waals surface area contributed by atoms with Crippen LogP contribution in [-0.2, 0) is 14.6 Å². The molecule has 0 saturated carbocycles. The van der Waals surface area contributed by atoms with E-state index in [-0.39, 0.29) is 23.3 Å². The Hall–Kier alpha value is -3.15. The second-order valence-corrected chi connectivity index (χ2v) is 10.7. The fourth-order valence-electron chi connectivity index (χ4n) is 4.14. The van der Waals surface area contributed by atoms with Gasteiger partial charge in [0.2, 0.25) is 5.75 Å². The highest BCUT2D eigenvalue weighted by molar-refractivity contribution is 7.90. The maximum Gasteiger partial charge on any atom is 0.410 e. The number of piperidine rings is 1. The first kappa shape index (κ1) is 24.0. The van der Waals surface area contributed by atoms with Crippen LogP contribution < -0.4 is 15.0 Å². The average molecular weight is 491 g/mol. The van der Waals surface area contributed by atoms with Gasteiger partial charge in [-0.1, -0.05) is 0 Å². The molecule has 184 valence electrons. The molecule has 0 atom stereocenters. The molecular weight excluding hydrogens is 460 g/mol. The molecular formula is C22H30N6O5S. The van der Waals surface area contributed by atoms with Gasteiger partial charge in [0, 0.05) is 25.4 Å². The summed E-state index contributed by atoms with van der Waals surface area (Å²) in [6.45, 7) is 7.84. The topological polar surface area (TPSA) is 127 Å². The molecule has 1 fully saturated rings. The summed E-state index contributed by atoms with van der Waals surface area (Å²) in [6, 6.07) is 3.34. The molecule has 2 aliphatic heterocycles. The number of nitrogens with zero attached hydrogens (tertiary/aromatic N) is 5. The smallest absolute Gasteiger partial charge is 0.410 e. The summed E-state index contributed by atoms with van der Waals surface area (Å²) in [6.07, 6.45) is 3.80. The van der Waals surface area contributed by atoms with Crippen LogP contribution in [0.5, 0.6) is 5.75 Å². The number of nitrogens with one attached hydrogen (secondary N) is 1. The van der Waals surface area contributed by atoms with Crippen LogP contribution in [0.1, 0.15) is 32.4 Å². The first-order valence-corrected chi connectivity index (χ1v) is 13.2. The van der Waals surface area contributed by atoms with Crippen molar-refractivity contribution in [2.75, 3.05) is 42.7 Å². The van der Waals surface area contributed by atoms with E-state index in [1.54, 1.807) is 17.9 Å². The third-order valence-corrected chi connectivity index (χ3v) is 6.82. The molecule has 12 heteroatoms. The fraction of sp³-hybridized carbons (Fsp3) is 0.545. The van der Waals surface area contributed by atoms with E-state index in [0.717, 1.165) is 19.1 Å². The number of aryl methyl sites for hydroxylation is 1. The van der Waals surface area contributed by atoms with Crippen molar-refractivity contribution >= 4 is 33.3 Å². The van der Waals surface area contributed by atoms with Gasteiger partial charge in [0.1, 0.15) is 12.9 Å². The maximum absolute atomic E-state index is 12.2. The van der Waals surface area contributed by atoms with E-state index >= 15 is 0 Å².